The van der Waals surface area contributed by atoms with Crippen molar-refractivity contribution >= 4 is 43.2 Å². The minimum atomic E-state index is -3.40. The number of aliphatic hydroxyl groups excluding tert-OH is 2. The molecular formula is C29H32F2N6O4S2. The van der Waals surface area contributed by atoms with Crippen molar-refractivity contribution in [3.05, 3.63) is 59.0 Å². The molecule has 0 saturated heterocycles. The number of nitrogens with zero attached hydrogens (tertiary/aromatic N) is 4. The predicted molar refractivity (Wildman–Crippen MR) is 161 cm³/mol. The third-order valence-corrected chi connectivity index (χ3v) is 10.1. The Morgan fingerprint density at radius 1 is 1.09 bits per heavy atom. The number of sulfone groups is 1. The topological polar surface area (TPSA) is 150 Å². The van der Waals surface area contributed by atoms with Crippen LogP contribution in [0.3, 0.4) is 0 Å². The Balaban J connectivity index is 1.40. The van der Waals surface area contributed by atoms with Gasteiger partial charge in [-0.3, -0.25) is 4.98 Å². The summed E-state index contributed by atoms with van der Waals surface area (Å²) in [5.74, 6) is -1.62. The molecule has 2 aliphatic carbocycles. The Labute approximate surface area is 251 Å². The molecule has 0 amide bonds. The molecule has 3 aromatic heterocycles. The molecule has 4 aromatic rings. The summed E-state index contributed by atoms with van der Waals surface area (Å²) in [4.78, 5) is 18.7. The highest BCUT2D eigenvalue weighted by Gasteiger charge is 2.43. The Morgan fingerprint density at radius 3 is 2.49 bits per heavy atom. The minimum Gasteiger partial charge on any atom is -0.390 e. The first-order valence-corrected chi connectivity index (χ1v) is 16.9. The number of aliphatic hydroxyl groups is 2. The molecule has 0 radical (unpaired) electrons. The first kappa shape index (κ1) is 29.7. The summed E-state index contributed by atoms with van der Waals surface area (Å²) in [6.45, 7) is 3.36. The highest BCUT2D eigenvalue weighted by Crippen LogP contribution is 2.44. The standard InChI is InChI=1S/C29H32F2N6O4S2/c1-13(21-17(30)5-4-6-18(21)31)33-29-34-14(2)22(28-36-24-20(42-28)9-10-32-23(24)15-7-8-15)27(37-29)35-19-11-16(12-43(3,40)41)25(38)26(19)39/h4-6,9-10,13,15-16,19,25-26,38-39H,7-8,11-12H2,1-3H3,(H2,33,34,35,37)/t13-,16-,19-,25-,26+/m1/s1. The van der Waals surface area contributed by atoms with Crippen LogP contribution in [0.25, 0.3) is 20.8 Å². The Bertz CT molecular complexity index is 1780. The lowest BCUT2D eigenvalue weighted by Gasteiger charge is -2.22. The molecule has 10 nitrogen and oxygen atoms in total. The molecule has 0 aliphatic heterocycles. The van der Waals surface area contributed by atoms with Gasteiger partial charge in [-0.05, 0) is 51.3 Å². The Kier molecular flexibility index (Phi) is 7.82. The summed E-state index contributed by atoms with van der Waals surface area (Å²) >= 11 is 1.44. The fourth-order valence-corrected chi connectivity index (χ4v) is 8.00. The number of fused-ring (bicyclic) bond motifs is 1. The van der Waals surface area contributed by atoms with Gasteiger partial charge in [0, 0.05) is 29.9 Å². The second-order valence-corrected chi connectivity index (χ2v) is 14.7. The lowest BCUT2D eigenvalue weighted by Crippen LogP contribution is -2.36. The van der Waals surface area contributed by atoms with Crippen LogP contribution in [0.1, 0.15) is 55.1 Å². The Morgan fingerprint density at radius 2 is 1.81 bits per heavy atom. The Hall–Kier alpha value is -3.33. The van der Waals surface area contributed by atoms with Gasteiger partial charge in [0.25, 0.3) is 0 Å². The van der Waals surface area contributed by atoms with Crippen molar-refractivity contribution in [2.75, 3.05) is 22.6 Å². The van der Waals surface area contributed by atoms with Gasteiger partial charge in [-0.25, -0.2) is 27.2 Å². The molecule has 2 aliphatic rings. The zero-order valence-corrected chi connectivity index (χ0v) is 25.4. The van der Waals surface area contributed by atoms with Crippen molar-refractivity contribution in [2.24, 2.45) is 5.92 Å². The van der Waals surface area contributed by atoms with Crippen LogP contribution in [0.15, 0.2) is 30.5 Å². The average Bonchev–Trinajstić information content (AvgIpc) is 3.62. The van der Waals surface area contributed by atoms with Gasteiger partial charge in [-0.2, -0.15) is 4.98 Å². The molecule has 0 unspecified atom stereocenters. The van der Waals surface area contributed by atoms with Gasteiger partial charge in [-0.1, -0.05) is 6.07 Å². The number of nitrogens with one attached hydrogen (secondary N) is 2. The maximum Gasteiger partial charge on any atom is 0.225 e. The summed E-state index contributed by atoms with van der Waals surface area (Å²) in [7, 11) is -3.40. The minimum absolute atomic E-state index is 0.0843. The normalized spacial score (nSPS) is 23.0. The molecule has 4 N–H and O–H groups in total. The van der Waals surface area contributed by atoms with E-state index in [1.807, 2.05) is 6.07 Å². The summed E-state index contributed by atoms with van der Waals surface area (Å²) in [5, 5.41) is 28.4. The molecular weight excluding hydrogens is 598 g/mol. The van der Waals surface area contributed by atoms with E-state index in [1.165, 1.54) is 29.5 Å². The molecule has 1 aromatic carbocycles. The maximum absolute atomic E-state index is 14.5. The number of aryl methyl sites for hydroxylation is 1. The predicted octanol–water partition coefficient (Wildman–Crippen LogP) is 4.35. The van der Waals surface area contributed by atoms with Crippen molar-refractivity contribution in [3.63, 3.8) is 0 Å². The fraction of sp³-hybridized carbons (Fsp3) is 0.448. The van der Waals surface area contributed by atoms with Crippen LogP contribution in [-0.2, 0) is 9.84 Å². The SMILES string of the molecule is Cc1nc(N[C@H](C)c2c(F)cccc2F)nc(N[C@@H]2C[C@H](CS(C)(=O)=O)[C@@H](O)[C@H]2O)c1-c1nc2c(C3CC3)nccc2s1. The summed E-state index contributed by atoms with van der Waals surface area (Å²) in [6.07, 6.45) is 2.64. The van der Waals surface area contributed by atoms with E-state index in [2.05, 4.69) is 25.6 Å². The van der Waals surface area contributed by atoms with E-state index >= 15 is 0 Å². The first-order chi connectivity index (χ1) is 20.4. The van der Waals surface area contributed by atoms with Crippen LogP contribution in [-0.4, -0.2) is 68.8 Å². The number of benzene rings is 1. The van der Waals surface area contributed by atoms with E-state index in [0.29, 0.717) is 22.2 Å². The van der Waals surface area contributed by atoms with Crippen molar-refractivity contribution in [2.45, 2.75) is 63.3 Å². The summed E-state index contributed by atoms with van der Waals surface area (Å²) < 4.78 is 53.9. The van der Waals surface area contributed by atoms with Crippen LogP contribution >= 0.6 is 11.3 Å². The third kappa shape index (κ3) is 6.06. The van der Waals surface area contributed by atoms with E-state index in [0.717, 1.165) is 35.0 Å². The number of thiazole rings is 1. The number of halogens is 2. The van der Waals surface area contributed by atoms with Crippen LogP contribution in [0.4, 0.5) is 20.5 Å². The number of hydrogen-bond donors (Lipinski definition) is 4. The van der Waals surface area contributed by atoms with Crippen LogP contribution in [0.5, 0.6) is 0 Å². The molecule has 43 heavy (non-hydrogen) atoms. The van der Waals surface area contributed by atoms with Crippen LogP contribution in [0, 0.1) is 24.5 Å². The van der Waals surface area contributed by atoms with Crippen LogP contribution < -0.4 is 10.6 Å². The number of hydrogen-bond acceptors (Lipinski definition) is 11. The van der Waals surface area contributed by atoms with E-state index in [9.17, 15) is 27.4 Å². The number of pyridine rings is 1. The lowest BCUT2D eigenvalue weighted by atomic mass is 10.1. The average molecular weight is 631 g/mol. The zero-order chi connectivity index (χ0) is 30.6. The number of aromatic nitrogens is 4. The van der Waals surface area contributed by atoms with Gasteiger partial charge in [0.1, 0.15) is 43.9 Å². The monoisotopic (exact) mass is 630 g/mol. The maximum atomic E-state index is 14.5. The second kappa shape index (κ2) is 11.3. The van der Waals surface area contributed by atoms with E-state index in [1.54, 1.807) is 20.0 Å². The van der Waals surface area contributed by atoms with Crippen molar-refractivity contribution in [3.8, 4) is 10.6 Å². The lowest BCUT2D eigenvalue weighted by molar-refractivity contribution is 0.0216. The molecule has 14 heteroatoms. The van der Waals surface area contributed by atoms with Crippen molar-refractivity contribution < 1.29 is 27.4 Å². The van der Waals surface area contributed by atoms with Gasteiger partial charge in [-0.15, -0.1) is 11.3 Å². The molecule has 3 heterocycles. The van der Waals surface area contributed by atoms with E-state index in [4.69, 9.17) is 4.98 Å². The largest absolute Gasteiger partial charge is 0.390 e. The van der Waals surface area contributed by atoms with Crippen molar-refractivity contribution in [1.29, 1.82) is 0 Å². The summed E-state index contributed by atoms with van der Waals surface area (Å²) in [6, 6.07) is 3.99. The molecule has 5 atom stereocenters. The zero-order valence-electron chi connectivity index (χ0n) is 23.8. The first-order valence-electron chi connectivity index (χ1n) is 14.0. The van der Waals surface area contributed by atoms with Gasteiger partial charge in [0.15, 0.2) is 0 Å². The molecule has 2 saturated carbocycles. The van der Waals surface area contributed by atoms with E-state index < -0.39 is 51.7 Å². The highest BCUT2D eigenvalue weighted by atomic mass is 32.2. The molecule has 228 valence electrons. The van der Waals surface area contributed by atoms with Gasteiger partial charge < -0.3 is 20.8 Å². The van der Waals surface area contributed by atoms with Crippen molar-refractivity contribution in [1.82, 2.24) is 19.9 Å². The molecule has 0 spiro atoms. The molecule has 0 bridgehead atoms. The highest BCUT2D eigenvalue weighted by molar-refractivity contribution is 7.90. The van der Waals surface area contributed by atoms with Gasteiger partial charge in [0.05, 0.1) is 45.6 Å². The summed E-state index contributed by atoms with van der Waals surface area (Å²) in [5.41, 5.74) is 2.68. The van der Waals surface area contributed by atoms with Gasteiger partial charge >= 0.3 is 0 Å². The smallest absolute Gasteiger partial charge is 0.225 e. The molecule has 2 fully saturated rings. The fourth-order valence-electron chi connectivity index (χ4n) is 5.82. The number of anilines is 2. The number of rotatable bonds is 9. The van der Waals surface area contributed by atoms with Gasteiger partial charge in [0.2, 0.25) is 5.95 Å². The van der Waals surface area contributed by atoms with Crippen LogP contribution in [0.2, 0.25) is 0 Å². The quantitative estimate of drug-likeness (QED) is 0.210. The molecule has 6 rings (SSSR count). The second-order valence-electron chi connectivity index (χ2n) is 11.5. The third-order valence-electron chi connectivity index (χ3n) is 8.02. The van der Waals surface area contributed by atoms with E-state index in [-0.39, 0.29) is 29.5 Å².